The highest BCUT2D eigenvalue weighted by Crippen LogP contribution is 2.35. The fraction of sp³-hybridized carbons (Fsp3) is 0.857. The Morgan fingerprint density at radius 2 is 2.22 bits per heavy atom. The van der Waals surface area contributed by atoms with Gasteiger partial charge in [0.1, 0.15) is 0 Å². The molecule has 1 nitrogen and oxygen atoms in total. The van der Waals surface area contributed by atoms with Crippen molar-refractivity contribution in [1.29, 1.82) is 5.26 Å². The normalized spacial score (nSPS) is 42.6. The molecule has 50 valence electrons. The fourth-order valence-electron chi connectivity index (χ4n) is 1.30. The number of rotatable bonds is 0. The molecular weight excluding hydrogens is 178 g/mol. The standard InChI is InChI=1S/C7H10BrN/c1-5-6(4-9)2-3-7(5)8/h5-7H,2-3H2,1H3. The third-order valence-corrected chi connectivity index (χ3v) is 3.42. The van der Waals surface area contributed by atoms with E-state index in [0.29, 0.717) is 16.7 Å². The summed E-state index contributed by atoms with van der Waals surface area (Å²) in [6.07, 6.45) is 2.24. The van der Waals surface area contributed by atoms with Crippen molar-refractivity contribution in [2.24, 2.45) is 11.8 Å². The molecule has 9 heavy (non-hydrogen) atoms. The van der Waals surface area contributed by atoms with Gasteiger partial charge in [0.05, 0.1) is 6.07 Å². The molecule has 0 N–H and O–H groups in total. The second kappa shape index (κ2) is 2.70. The number of alkyl halides is 1. The van der Waals surface area contributed by atoms with E-state index in [1.54, 1.807) is 0 Å². The Balaban J connectivity index is 2.54. The van der Waals surface area contributed by atoms with Crippen molar-refractivity contribution in [2.45, 2.75) is 24.6 Å². The fourth-order valence-corrected chi connectivity index (χ4v) is 1.93. The highest BCUT2D eigenvalue weighted by molar-refractivity contribution is 9.09. The average Bonchev–Trinajstić information content (AvgIpc) is 2.15. The molecule has 1 fully saturated rings. The average molecular weight is 188 g/mol. The van der Waals surface area contributed by atoms with Crippen LogP contribution < -0.4 is 0 Å². The molecule has 3 unspecified atom stereocenters. The molecule has 0 radical (unpaired) electrons. The van der Waals surface area contributed by atoms with Crippen LogP contribution in [0.25, 0.3) is 0 Å². The Kier molecular flexibility index (Phi) is 2.13. The Morgan fingerprint density at radius 1 is 1.56 bits per heavy atom. The maximum absolute atomic E-state index is 8.58. The van der Waals surface area contributed by atoms with Gasteiger partial charge in [-0.2, -0.15) is 5.26 Å². The van der Waals surface area contributed by atoms with Crippen LogP contribution in [-0.2, 0) is 0 Å². The van der Waals surface area contributed by atoms with Gasteiger partial charge in [0, 0.05) is 10.7 Å². The molecule has 0 aromatic heterocycles. The van der Waals surface area contributed by atoms with Crippen LogP contribution in [0, 0.1) is 23.2 Å². The smallest absolute Gasteiger partial charge is 0.0659 e. The van der Waals surface area contributed by atoms with Crippen molar-refractivity contribution in [3.8, 4) is 6.07 Å². The number of hydrogen-bond donors (Lipinski definition) is 0. The number of nitriles is 1. The van der Waals surface area contributed by atoms with Gasteiger partial charge < -0.3 is 0 Å². The van der Waals surface area contributed by atoms with Gasteiger partial charge in [-0.3, -0.25) is 0 Å². The van der Waals surface area contributed by atoms with Crippen LogP contribution in [-0.4, -0.2) is 4.83 Å². The minimum Gasteiger partial charge on any atom is -0.198 e. The molecule has 2 heteroatoms. The lowest BCUT2D eigenvalue weighted by atomic mass is 10.0. The number of nitrogens with zero attached hydrogens (tertiary/aromatic N) is 1. The summed E-state index contributed by atoms with van der Waals surface area (Å²) >= 11 is 3.53. The summed E-state index contributed by atoms with van der Waals surface area (Å²) < 4.78 is 0. The first-order valence-corrected chi connectivity index (χ1v) is 4.21. The van der Waals surface area contributed by atoms with E-state index in [1.165, 1.54) is 6.42 Å². The lowest BCUT2D eigenvalue weighted by Crippen LogP contribution is -2.07. The Labute approximate surface area is 64.2 Å². The third-order valence-electron chi connectivity index (χ3n) is 2.12. The zero-order valence-electron chi connectivity index (χ0n) is 5.47. The minimum atomic E-state index is 0.300. The topological polar surface area (TPSA) is 23.8 Å². The summed E-state index contributed by atoms with van der Waals surface area (Å²) in [5, 5.41) is 8.58. The molecule has 0 heterocycles. The lowest BCUT2D eigenvalue weighted by molar-refractivity contribution is 0.524. The maximum Gasteiger partial charge on any atom is 0.0659 e. The van der Waals surface area contributed by atoms with Gasteiger partial charge in [-0.1, -0.05) is 22.9 Å². The molecule has 1 aliphatic carbocycles. The van der Waals surface area contributed by atoms with Crippen LogP contribution in [0.1, 0.15) is 19.8 Å². The van der Waals surface area contributed by atoms with Crippen LogP contribution in [0.15, 0.2) is 0 Å². The van der Waals surface area contributed by atoms with Crippen molar-refractivity contribution >= 4 is 15.9 Å². The summed E-state index contributed by atoms with van der Waals surface area (Å²) in [5.41, 5.74) is 0. The summed E-state index contributed by atoms with van der Waals surface area (Å²) in [7, 11) is 0. The van der Waals surface area contributed by atoms with Gasteiger partial charge in [-0.25, -0.2) is 0 Å². The summed E-state index contributed by atoms with van der Waals surface area (Å²) in [6.45, 7) is 2.14. The second-order valence-corrected chi connectivity index (χ2v) is 3.86. The quantitative estimate of drug-likeness (QED) is 0.535. The third kappa shape index (κ3) is 1.27. The zero-order valence-corrected chi connectivity index (χ0v) is 7.06. The Hall–Kier alpha value is -0.0300. The molecule has 1 aliphatic rings. The van der Waals surface area contributed by atoms with Gasteiger partial charge in [0.15, 0.2) is 0 Å². The van der Waals surface area contributed by atoms with Crippen LogP contribution >= 0.6 is 15.9 Å². The zero-order chi connectivity index (χ0) is 6.85. The molecule has 0 bridgehead atoms. The van der Waals surface area contributed by atoms with Crippen LogP contribution in [0.5, 0.6) is 0 Å². The molecule has 0 aliphatic heterocycles. The molecular formula is C7H10BrN. The highest BCUT2D eigenvalue weighted by Gasteiger charge is 2.30. The molecule has 3 atom stereocenters. The van der Waals surface area contributed by atoms with E-state index < -0.39 is 0 Å². The molecule has 1 saturated carbocycles. The van der Waals surface area contributed by atoms with Gasteiger partial charge in [-0.05, 0) is 18.8 Å². The SMILES string of the molecule is CC1C(Br)CCC1C#N. The molecule has 0 spiro atoms. The van der Waals surface area contributed by atoms with Crippen LogP contribution in [0.2, 0.25) is 0 Å². The second-order valence-electron chi connectivity index (χ2n) is 2.69. The predicted octanol–water partition coefficient (Wildman–Crippen LogP) is 2.32. The summed E-state index contributed by atoms with van der Waals surface area (Å²) in [6, 6.07) is 2.31. The van der Waals surface area contributed by atoms with E-state index in [2.05, 4.69) is 28.9 Å². The molecule has 0 saturated heterocycles. The van der Waals surface area contributed by atoms with Gasteiger partial charge in [0.25, 0.3) is 0 Å². The maximum atomic E-state index is 8.58. The van der Waals surface area contributed by atoms with Gasteiger partial charge in [0.2, 0.25) is 0 Å². The van der Waals surface area contributed by atoms with E-state index in [9.17, 15) is 0 Å². The first-order chi connectivity index (χ1) is 4.25. The van der Waals surface area contributed by atoms with E-state index in [0.717, 1.165) is 6.42 Å². The molecule has 1 rings (SSSR count). The molecule has 0 aromatic rings. The van der Waals surface area contributed by atoms with Crippen LogP contribution in [0.3, 0.4) is 0 Å². The highest BCUT2D eigenvalue weighted by atomic mass is 79.9. The first kappa shape index (κ1) is 7.08. The summed E-state index contributed by atoms with van der Waals surface area (Å²) in [5.74, 6) is 0.851. The van der Waals surface area contributed by atoms with Gasteiger partial charge >= 0.3 is 0 Å². The van der Waals surface area contributed by atoms with Crippen molar-refractivity contribution in [2.75, 3.05) is 0 Å². The molecule has 0 aromatic carbocycles. The Bertz CT molecular complexity index is 138. The predicted molar refractivity (Wildman–Crippen MR) is 40.2 cm³/mol. The van der Waals surface area contributed by atoms with Gasteiger partial charge in [-0.15, -0.1) is 0 Å². The lowest BCUT2D eigenvalue weighted by Gasteiger charge is -2.08. The van der Waals surface area contributed by atoms with Crippen LogP contribution in [0.4, 0.5) is 0 Å². The van der Waals surface area contributed by atoms with E-state index >= 15 is 0 Å². The summed E-state index contributed by atoms with van der Waals surface area (Å²) in [4.78, 5) is 0.585. The van der Waals surface area contributed by atoms with E-state index in [1.807, 2.05) is 0 Å². The molecule has 0 amide bonds. The van der Waals surface area contributed by atoms with Crippen molar-refractivity contribution < 1.29 is 0 Å². The largest absolute Gasteiger partial charge is 0.198 e. The Morgan fingerprint density at radius 3 is 2.44 bits per heavy atom. The number of hydrogen-bond acceptors (Lipinski definition) is 1. The minimum absolute atomic E-state index is 0.300. The van der Waals surface area contributed by atoms with E-state index in [4.69, 9.17) is 5.26 Å². The van der Waals surface area contributed by atoms with Crippen molar-refractivity contribution in [1.82, 2.24) is 0 Å². The first-order valence-electron chi connectivity index (χ1n) is 3.29. The van der Waals surface area contributed by atoms with Crippen molar-refractivity contribution in [3.05, 3.63) is 0 Å². The van der Waals surface area contributed by atoms with Crippen molar-refractivity contribution in [3.63, 3.8) is 0 Å². The van der Waals surface area contributed by atoms with E-state index in [-0.39, 0.29) is 0 Å². The number of halogens is 1. The monoisotopic (exact) mass is 187 g/mol.